The monoisotopic (exact) mass is 271 g/mol. The van der Waals surface area contributed by atoms with Gasteiger partial charge >= 0.3 is 5.97 Å². The largest absolute Gasteiger partial charge is 0.468 e. The van der Waals surface area contributed by atoms with E-state index in [0.717, 1.165) is 12.5 Å². The molecule has 0 aromatic carbocycles. The molecule has 112 valence electrons. The second-order valence-corrected chi connectivity index (χ2v) is 5.76. The van der Waals surface area contributed by atoms with Gasteiger partial charge in [-0.25, -0.2) is 0 Å². The van der Waals surface area contributed by atoms with Crippen molar-refractivity contribution in [3.05, 3.63) is 0 Å². The third kappa shape index (κ3) is 6.92. The van der Waals surface area contributed by atoms with Crippen LogP contribution < -0.4 is 5.32 Å². The van der Waals surface area contributed by atoms with Crippen molar-refractivity contribution in [2.24, 2.45) is 5.92 Å². The van der Waals surface area contributed by atoms with Gasteiger partial charge in [0, 0.05) is 19.3 Å². The SMILES string of the molecule is COC(=O)C(CCOCC1CCCCC1)NC(C)C. The van der Waals surface area contributed by atoms with Gasteiger partial charge in [-0.05, 0) is 25.2 Å². The Balaban J connectivity index is 2.17. The summed E-state index contributed by atoms with van der Waals surface area (Å²) in [4.78, 5) is 11.6. The quantitative estimate of drug-likeness (QED) is 0.544. The Morgan fingerprint density at radius 3 is 2.53 bits per heavy atom. The van der Waals surface area contributed by atoms with Crippen LogP contribution in [-0.4, -0.2) is 38.4 Å². The van der Waals surface area contributed by atoms with Crippen LogP contribution in [-0.2, 0) is 14.3 Å². The van der Waals surface area contributed by atoms with Crippen molar-refractivity contribution in [2.75, 3.05) is 20.3 Å². The molecule has 0 amide bonds. The Morgan fingerprint density at radius 2 is 1.95 bits per heavy atom. The van der Waals surface area contributed by atoms with Gasteiger partial charge in [0.2, 0.25) is 0 Å². The van der Waals surface area contributed by atoms with Gasteiger partial charge in [0.1, 0.15) is 6.04 Å². The Morgan fingerprint density at radius 1 is 1.26 bits per heavy atom. The van der Waals surface area contributed by atoms with E-state index < -0.39 is 0 Å². The first-order valence-electron chi connectivity index (χ1n) is 7.55. The Bertz CT molecular complexity index is 250. The molecule has 1 aliphatic carbocycles. The number of carbonyl (C=O) groups is 1. The van der Waals surface area contributed by atoms with E-state index in [1.54, 1.807) is 0 Å². The fourth-order valence-corrected chi connectivity index (χ4v) is 2.62. The third-order valence-corrected chi connectivity index (χ3v) is 3.65. The smallest absolute Gasteiger partial charge is 0.322 e. The van der Waals surface area contributed by atoms with Gasteiger partial charge in [-0.3, -0.25) is 4.79 Å². The Hall–Kier alpha value is -0.610. The molecule has 1 aliphatic rings. The second-order valence-electron chi connectivity index (χ2n) is 5.76. The van der Waals surface area contributed by atoms with Crippen LogP contribution in [0.5, 0.6) is 0 Å². The summed E-state index contributed by atoms with van der Waals surface area (Å²) in [6.45, 7) is 5.52. The van der Waals surface area contributed by atoms with E-state index in [-0.39, 0.29) is 18.1 Å². The maximum absolute atomic E-state index is 11.6. The third-order valence-electron chi connectivity index (χ3n) is 3.65. The van der Waals surface area contributed by atoms with Gasteiger partial charge in [0.25, 0.3) is 0 Å². The lowest BCUT2D eigenvalue weighted by molar-refractivity contribution is -0.143. The molecule has 0 spiro atoms. The van der Waals surface area contributed by atoms with Crippen LogP contribution in [0.1, 0.15) is 52.4 Å². The Kier molecular flexibility index (Phi) is 8.07. The average Bonchev–Trinajstić information content (AvgIpc) is 2.42. The van der Waals surface area contributed by atoms with E-state index in [9.17, 15) is 4.79 Å². The molecular formula is C15H29NO3. The minimum atomic E-state index is -0.253. The summed E-state index contributed by atoms with van der Waals surface area (Å²) in [5, 5.41) is 3.21. The second kappa shape index (κ2) is 9.32. The van der Waals surface area contributed by atoms with Gasteiger partial charge < -0.3 is 14.8 Å². The fourth-order valence-electron chi connectivity index (χ4n) is 2.62. The molecule has 4 nitrogen and oxygen atoms in total. The molecule has 1 unspecified atom stereocenters. The molecule has 0 aromatic heterocycles. The van der Waals surface area contributed by atoms with E-state index in [1.807, 2.05) is 13.8 Å². The summed E-state index contributed by atoms with van der Waals surface area (Å²) < 4.78 is 10.5. The highest BCUT2D eigenvalue weighted by molar-refractivity contribution is 5.75. The number of hydrogen-bond donors (Lipinski definition) is 1. The molecule has 0 radical (unpaired) electrons. The lowest BCUT2D eigenvalue weighted by Gasteiger charge is -2.22. The lowest BCUT2D eigenvalue weighted by Crippen LogP contribution is -2.42. The molecule has 0 aromatic rings. The topological polar surface area (TPSA) is 47.6 Å². The molecule has 4 heteroatoms. The molecule has 19 heavy (non-hydrogen) atoms. The minimum Gasteiger partial charge on any atom is -0.468 e. The summed E-state index contributed by atoms with van der Waals surface area (Å²) in [7, 11) is 1.43. The van der Waals surface area contributed by atoms with Gasteiger partial charge in [-0.2, -0.15) is 0 Å². The van der Waals surface area contributed by atoms with Crippen molar-refractivity contribution < 1.29 is 14.3 Å². The van der Waals surface area contributed by atoms with Crippen molar-refractivity contribution in [1.29, 1.82) is 0 Å². The van der Waals surface area contributed by atoms with Crippen LogP contribution in [0.15, 0.2) is 0 Å². The standard InChI is InChI=1S/C15H29NO3/c1-12(2)16-14(15(17)18-3)9-10-19-11-13-7-5-4-6-8-13/h12-14,16H,4-11H2,1-3H3. The molecule has 1 N–H and O–H groups in total. The van der Waals surface area contributed by atoms with E-state index in [1.165, 1.54) is 39.2 Å². The van der Waals surface area contributed by atoms with E-state index in [4.69, 9.17) is 9.47 Å². The highest BCUT2D eigenvalue weighted by atomic mass is 16.5. The molecule has 1 saturated carbocycles. The number of methoxy groups -OCH3 is 1. The Labute approximate surface area is 117 Å². The molecular weight excluding hydrogens is 242 g/mol. The lowest BCUT2D eigenvalue weighted by atomic mass is 9.90. The summed E-state index contributed by atoms with van der Waals surface area (Å²) in [6.07, 6.45) is 7.33. The zero-order chi connectivity index (χ0) is 14.1. The number of esters is 1. The van der Waals surface area contributed by atoms with Crippen molar-refractivity contribution in [3.8, 4) is 0 Å². The van der Waals surface area contributed by atoms with Crippen molar-refractivity contribution in [2.45, 2.75) is 64.5 Å². The minimum absolute atomic E-state index is 0.199. The summed E-state index contributed by atoms with van der Waals surface area (Å²) in [6, 6.07) is 0.0128. The van der Waals surface area contributed by atoms with Crippen LogP contribution in [0.4, 0.5) is 0 Å². The van der Waals surface area contributed by atoms with Gasteiger partial charge in [0.15, 0.2) is 0 Å². The molecule has 1 rings (SSSR count). The first kappa shape index (κ1) is 16.4. The normalized spacial score (nSPS) is 18.5. The van der Waals surface area contributed by atoms with Crippen molar-refractivity contribution in [1.82, 2.24) is 5.32 Å². The maximum Gasteiger partial charge on any atom is 0.322 e. The fraction of sp³-hybridized carbons (Fsp3) is 0.933. The molecule has 1 fully saturated rings. The number of nitrogens with one attached hydrogen (secondary N) is 1. The summed E-state index contributed by atoms with van der Waals surface area (Å²) in [5.74, 6) is 0.526. The zero-order valence-corrected chi connectivity index (χ0v) is 12.6. The molecule has 0 aliphatic heterocycles. The van der Waals surface area contributed by atoms with Crippen LogP contribution >= 0.6 is 0 Å². The van der Waals surface area contributed by atoms with Crippen molar-refractivity contribution in [3.63, 3.8) is 0 Å². The van der Waals surface area contributed by atoms with Crippen LogP contribution in [0.25, 0.3) is 0 Å². The van der Waals surface area contributed by atoms with E-state index in [2.05, 4.69) is 5.32 Å². The number of hydrogen-bond acceptors (Lipinski definition) is 4. The van der Waals surface area contributed by atoms with E-state index in [0.29, 0.717) is 13.0 Å². The van der Waals surface area contributed by atoms with Crippen molar-refractivity contribution >= 4 is 5.97 Å². The zero-order valence-electron chi connectivity index (χ0n) is 12.6. The molecule has 0 saturated heterocycles. The van der Waals surface area contributed by atoms with Gasteiger partial charge in [0.05, 0.1) is 7.11 Å². The highest BCUT2D eigenvalue weighted by Gasteiger charge is 2.20. The maximum atomic E-state index is 11.6. The predicted octanol–water partition coefficient (Wildman–Crippen LogP) is 2.51. The number of carbonyl (C=O) groups excluding carboxylic acids is 1. The van der Waals surface area contributed by atoms with E-state index >= 15 is 0 Å². The summed E-state index contributed by atoms with van der Waals surface area (Å²) >= 11 is 0. The first-order chi connectivity index (χ1) is 9.13. The number of ether oxygens (including phenoxy) is 2. The van der Waals surface area contributed by atoms with Gasteiger partial charge in [-0.1, -0.05) is 33.1 Å². The van der Waals surface area contributed by atoms with Crippen LogP contribution in [0, 0.1) is 5.92 Å². The van der Waals surface area contributed by atoms with Crippen LogP contribution in [0.3, 0.4) is 0 Å². The number of rotatable bonds is 8. The average molecular weight is 271 g/mol. The summed E-state index contributed by atoms with van der Waals surface area (Å²) in [5.41, 5.74) is 0. The van der Waals surface area contributed by atoms with Crippen LogP contribution in [0.2, 0.25) is 0 Å². The highest BCUT2D eigenvalue weighted by Crippen LogP contribution is 2.23. The first-order valence-corrected chi connectivity index (χ1v) is 7.55. The molecule has 0 bridgehead atoms. The van der Waals surface area contributed by atoms with Gasteiger partial charge in [-0.15, -0.1) is 0 Å². The molecule has 1 atom stereocenters. The predicted molar refractivity (Wildman–Crippen MR) is 76.1 cm³/mol. The molecule has 0 heterocycles.